The van der Waals surface area contributed by atoms with Crippen molar-refractivity contribution >= 4 is 5.97 Å². The summed E-state index contributed by atoms with van der Waals surface area (Å²) in [6.45, 7) is 8.35. The van der Waals surface area contributed by atoms with Gasteiger partial charge in [-0.2, -0.15) is 0 Å². The molecule has 0 bridgehead atoms. The van der Waals surface area contributed by atoms with Crippen LogP contribution in [0.5, 0.6) is 0 Å². The van der Waals surface area contributed by atoms with Crippen molar-refractivity contribution in [3.8, 4) is 0 Å². The third-order valence-electron chi connectivity index (χ3n) is 4.29. The second-order valence-corrected chi connectivity index (χ2v) is 5.99. The van der Waals surface area contributed by atoms with E-state index >= 15 is 0 Å². The molecule has 0 aromatic heterocycles. The molecule has 5 heteroatoms. The highest BCUT2D eigenvalue weighted by molar-refractivity contribution is 5.87. The quantitative estimate of drug-likeness (QED) is 0.751. The minimum atomic E-state index is -0.869. The Kier molecular flexibility index (Phi) is 6.36. The molecule has 1 fully saturated rings. The van der Waals surface area contributed by atoms with Gasteiger partial charge in [-0.15, -0.1) is 0 Å². The number of hydrogen-bond donors (Lipinski definition) is 2. The second kappa shape index (κ2) is 8.27. The standard InChI is InChI=1S/C17H27N3O2/c1-3-8-18-13-16(20-11-9-19(2)10-12-20)14-4-6-15(7-5-14)17(21)22/h4-7,16,18H,3,8-13H2,1-2H3,(H,21,22). The lowest BCUT2D eigenvalue weighted by Gasteiger charge is -2.38. The van der Waals surface area contributed by atoms with Crippen LogP contribution in [0.25, 0.3) is 0 Å². The van der Waals surface area contributed by atoms with Gasteiger partial charge in [0.15, 0.2) is 0 Å². The molecule has 22 heavy (non-hydrogen) atoms. The first-order chi connectivity index (χ1) is 10.6. The molecule has 1 heterocycles. The number of carboxylic acid groups (broad SMARTS) is 1. The first-order valence-electron chi connectivity index (χ1n) is 8.08. The zero-order valence-electron chi connectivity index (χ0n) is 13.6. The van der Waals surface area contributed by atoms with Crippen molar-refractivity contribution in [3.05, 3.63) is 35.4 Å². The molecule has 5 nitrogen and oxygen atoms in total. The number of nitrogens with zero attached hydrogens (tertiary/aromatic N) is 2. The second-order valence-electron chi connectivity index (χ2n) is 5.99. The lowest BCUT2D eigenvalue weighted by atomic mass is 10.0. The van der Waals surface area contributed by atoms with E-state index in [4.69, 9.17) is 5.11 Å². The largest absolute Gasteiger partial charge is 0.478 e. The molecule has 0 spiro atoms. The summed E-state index contributed by atoms with van der Waals surface area (Å²) < 4.78 is 0. The fourth-order valence-corrected chi connectivity index (χ4v) is 2.85. The average Bonchev–Trinajstić information content (AvgIpc) is 2.53. The molecule has 2 rings (SSSR count). The number of nitrogens with one attached hydrogen (secondary N) is 1. The molecule has 122 valence electrons. The molecule has 1 atom stereocenters. The number of benzene rings is 1. The number of carboxylic acids is 1. The van der Waals surface area contributed by atoms with E-state index in [1.165, 1.54) is 5.56 Å². The highest BCUT2D eigenvalue weighted by Gasteiger charge is 2.23. The van der Waals surface area contributed by atoms with Gasteiger partial charge in [-0.05, 0) is 37.7 Å². The zero-order chi connectivity index (χ0) is 15.9. The number of hydrogen-bond acceptors (Lipinski definition) is 4. The van der Waals surface area contributed by atoms with Crippen molar-refractivity contribution in [1.29, 1.82) is 0 Å². The van der Waals surface area contributed by atoms with Crippen LogP contribution in [0.15, 0.2) is 24.3 Å². The summed E-state index contributed by atoms with van der Waals surface area (Å²) in [5.74, 6) is -0.869. The van der Waals surface area contributed by atoms with Crippen LogP contribution in [0, 0.1) is 0 Å². The number of rotatable bonds is 7. The molecular weight excluding hydrogens is 278 g/mol. The Balaban J connectivity index is 2.10. The van der Waals surface area contributed by atoms with E-state index in [9.17, 15) is 4.79 Å². The van der Waals surface area contributed by atoms with E-state index < -0.39 is 5.97 Å². The van der Waals surface area contributed by atoms with Crippen molar-refractivity contribution in [2.24, 2.45) is 0 Å². The van der Waals surface area contributed by atoms with E-state index in [-0.39, 0.29) is 0 Å². The minimum Gasteiger partial charge on any atom is -0.478 e. The summed E-state index contributed by atoms with van der Waals surface area (Å²) >= 11 is 0. The first kappa shape index (κ1) is 16.9. The summed E-state index contributed by atoms with van der Waals surface area (Å²) in [7, 11) is 2.16. The number of piperazine rings is 1. The van der Waals surface area contributed by atoms with Crippen molar-refractivity contribution < 1.29 is 9.90 Å². The molecule has 1 aliphatic rings. The predicted octanol–water partition coefficient (Wildman–Crippen LogP) is 1.67. The molecular formula is C17H27N3O2. The monoisotopic (exact) mass is 305 g/mol. The van der Waals surface area contributed by atoms with E-state index in [1.54, 1.807) is 12.1 Å². The van der Waals surface area contributed by atoms with E-state index in [0.717, 1.165) is 45.7 Å². The highest BCUT2D eigenvalue weighted by atomic mass is 16.4. The van der Waals surface area contributed by atoms with Crippen LogP contribution in [-0.2, 0) is 0 Å². The van der Waals surface area contributed by atoms with Crippen LogP contribution in [0.4, 0.5) is 0 Å². The number of carbonyl (C=O) groups is 1. The van der Waals surface area contributed by atoms with E-state index in [1.807, 2.05) is 12.1 Å². The third kappa shape index (κ3) is 4.53. The van der Waals surface area contributed by atoms with Gasteiger partial charge < -0.3 is 15.3 Å². The first-order valence-corrected chi connectivity index (χ1v) is 8.08. The topological polar surface area (TPSA) is 55.8 Å². The smallest absolute Gasteiger partial charge is 0.335 e. The van der Waals surface area contributed by atoms with E-state index in [2.05, 4.69) is 29.1 Å². The Bertz CT molecular complexity index is 467. The molecule has 1 aliphatic heterocycles. The molecule has 1 aromatic rings. The molecule has 0 amide bonds. The Morgan fingerprint density at radius 1 is 1.23 bits per heavy atom. The van der Waals surface area contributed by atoms with Crippen LogP contribution in [0.3, 0.4) is 0 Å². The van der Waals surface area contributed by atoms with Crippen molar-refractivity contribution in [2.45, 2.75) is 19.4 Å². The normalized spacial score (nSPS) is 18.3. The lowest BCUT2D eigenvalue weighted by molar-refractivity contribution is 0.0696. The third-order valence-corrected chi connectivity index (χ3v) is 4.29. The van der Waals surface area contributed by atoms with Gasteiger partial charge in [0, 0.05) is 38.8 Å². The molecule has 0 radical (unpaired) electrons. The van der Waals surface area contributed by atoms with Gasteiger partial charge >= 0.3 is 5.97 Å². The number of aromatic carboxylic acids is 1. The van der Waals surface area contributed by atoms with Crippen LogP contribution < -0.4 is 5.32 Å². The molecule has 1 saturated heterocycles. The summed E-state index contributed by atoms with van der Waals surface area (Å²) in [6.07, 6.45) is 1.12. The molecule has 0 saturated carbocycles. The van der Waals surface area contributed by atoms with Gasteiger partial charge in [0.2, 0.25) is 0 Å². The summed E-state index contributed by atoms with van der Waals surface area (Å²) in [5.41, 5.74) is 1.54. The lowest BCUT2D eigenvalue weighted by Crippen LogP contribution is -2.48. The molecule has 2 N–H and O–H groups in total. The minimum absolute atomic E-state index is 0.308. The van der Waals surface area contributed by atoms with Gasteiger partial charge in [0.05, 0.1) is 5.56 Å². The maximum Gasteiger partial charge on any atom is 0.335 e. The molecule has 0 aliphatic carbocycles. The Hall–Kier alpha value is -1.43. The maximum atomic E-state index is 11.0. The zero-order valence-corrected chi connectivity index (χ0v) is 13.6. The van der Waals surface area contributed by atoms with Gasteiger partial charge in [-0.3, -0.25) is 4.90 Å². The fourth-order valence-electron chi connectivity index (χ4n) is 2.85. The average molecular weight is 305 g/mol. The highest BCUT2D eigenvalue weighted by Crippen LogP contribution is 2.22. The van der Waals surface area contributed by atoms with Gasteiger partial charge in [0.1, 0.15) is 0 Å². The summed E-state index contributed by atoms with van der Waals surface area (Å²) in [5, 5.41) is 12.5. The Morgan fingerprint density at radius 3 is 2.41 bits per heavy atom. The Morgan fingerprint density at radius 2 is 1.86 bits per heavy atom. The van der Waals surface area contributed by atoms with Gasteiger partial charge in [-0.25, -0.2) is 4.79 Å². The van der Waals surface area contributed by atoms with Crippen molar-refractivity contribution in [3.63, 3.8) is 0 Å². The Labute approximate surface area is 132 Å². The summed E-state index contributed by atoms with van der Waals surface area (Å²) in [6, 6.07) is 7.64. The van der Waals surface area contributed by atoms with Gasteiger partial charge in [-0.1, -0.05) is 19.1 Å². The van der Waals surface area contributed by atoms with Crippen LogP contribution in [0.1, 0.15) is 35.3 Å². The SMILES string of the molecule is CCCNCC(c1ccc(C(=O)O)cc1)N1CCN(C)CC1. The van der Waals surface area contributed by atoms with Crippen molar-refractivity contribution in [2.75, 3.05) is 46.3 Å². The number of likely N-dealkylation sites (N-methyl/N-ethyl adjacent to an activating group) is 1. The summed E-state index contributed by atoms with van der Waals surface area (Å²) in [4.78, 5) is 15.8. The molecule has 1 unspecified atom stereocenters. The maximum absolute atomic E-state index is 11.0. The van der Waals surface area contributed by atoms with Crippen LogP contribution in [0.2, 0.25) is 0 Å². The fraction of sp³-hybridized carbons (Fsp3) is 0.588. The van der Waals surface area contributed by atoms with Gasteiger partial charge in [0.25, 0.3) is 0 Å². The van der Waals surface area contributed by atoms with Crippen molar-refractivity contribution in [1.82, 2.24) is 15.1 Å². The molecule has 1 aromatic carbocycles. The van der Waals surface area contributed by atoms with E-state index in [0.29, 0.717) is 11.6 Å². The van der Waals surface area contributed by atoms with Crippen LogP contribution >= 0.6 is 0 Å². The predicted molar refractivity (Wildman–Crippen MR) is 88.4 cm³/mol. The van der Waals surface area contributed by atoms with Crippen LogP contribution in [-0.4, -0.2) is 67.2 Å².